The predicted octanol–water partition coefficient (Wildman–Crippen LogP) is 0.529. The van der Waals surface area contributed by atoms with E-state index in [1.54, 1.807) is 8.61 Å². The minimum atomic E-state index is -3.25. The summed E-state index contributed by atoms with van der Waals surface area (Å²) in [4.78, 5) is 0. The molecule has 2 aliphatic rings. The Morgan fingerprint density at radius 2 is 1.76 bits per heavy atom. The normalized spacial score (nSPS) is 33.8. The van der Waals surface area contributed by atoms with Crippen LogP contribution in [0.25, 0.3) is 0 Å². The lowest BCUT2D eigenvalue weighted by atomic mass is 10.0. The number of piperidine rings is 2. The third-order valence-electron chi connectivity index (χ3n) is 3.79. The van der Waals surface area contributed by atoms with Crippen molar-refractivity contribution in [1.82, 2.24) is 8.61 Å². The van der Waals surface area contributed by atoms with Gasteiger partial charge in [0, 0.05) is 31.7 Å². The van der Waals surface area contributed by atoms with Gasteiger partial charge in [-0.25, -0.2) is 0 Å². The van der Waals surface area contributed by atoms with Gasteiger partial charge in [0.25, 0.3) is 10.2 Å². The fraction of sp³-hybridized carbons (Fsp3) is 1.00. The Morgan fingerprint density at radius 1 is 1.12 bits per heavy atom. The van der Waals surface area contributed by atoms with Gasteiger partial charge in [0.15, 0.2) is 0 Å². The van der Waals surface area contributed by atoms with Gasteiger partial charge < -0.3 is 5.73 Å². The lowest BCUT2D eigenvalue weighted by molar-refractivity contribution is 0.221. The molecular formula is C11H23N3O2S. The standard InChI is InChI=1S/C11H23N3O2S/c1-10-9-11(12)5-8-14(10)17(15,16)13-6-3-2-4-7-13/h10-11H,2-9,12H2,1H3/t10-,11+/m1/s1. The molecule has 5 nitrogen and oxygen atoms in total. The van der Waals surface area contributed by atoms with Gasteiger partial charge in [0.1, 0.15) is 0 Å². The van der Waals surface area contributed by atoms with Gasteiger partial charge in [0.2, 0.25) is 0 Å². The first-order chi connectivity index (χ1) is 8.01. The van der Waals surface area contributed by atoms with Crippen molar-refractivity contribution in [2.75, 3.05) is 19.6 Å². The first-order valence-electron chi connectivity index (χ1n) is 6.54. The molecule has 0 aliphatic carbocycles. The molecule has 17 heavy (non-hydrogen) atoms. The molecule has 2 atom stereocenters. The molecule has 6 heteroatoms. The van der Waals surface area contributed by atoms with Gasteiger partial charge in [-0.05, 0) is 32.6 Å². The average Bonchev–Trinajstić information content (AvgIpc) is 2.29. The predicted molar refractivity (Wildman–Crippen MR) is 67.7 cm³/mol. The van der Waals surface area contributed by atoms with Crippen LogP contribution >= 0.6 is 0 Å². The third kappa shape index (κ3) is 2.81. The van der Waals surface area contributed by atoms with Crippen LogP contribution < -0.4 is 5.73 Å². The summed E-state index contributed by atoms with van der Waals surface area (Å²) >= 11 is 0. The second-order valence-electron chi connectivity index (χ2n) is 5.21. The smallest absolute Gasteiger partial charge is 0.282 e. The molecule has 0 spiro atoms. The van der Waals surface area contributed by atoms with Crippen LogP contribution in [-0.4, -0.2) is 48.7 Å². The van der Waals surface area contributed by atoms with E-state index in [9.17, 15) is 8.42 Å². The average molecular weight is 261 g/mol. The van der Waals surface area contributed by atoms with E-state index in [0.717, 1.165) is 32.1 Å². The Kier molecular flexibility index (Phi) is 4.07. The summed E-state index contributed by atoms with van der Waals surface area (Å²) in [5, 5.41) is 0. The monoisotopic (exact) mass is 261 g/mol. The van der Waals surface area contributed by atoms with E-state index in [1.807, 2.05) is 6.92 Å². The molecule has 0 aromatic rings. The highest BCUT2D eigenvalue weighted by atomic mass is 32.2. The van der Waals surface area contributed by atoms with Crippen LogP contribution in [0.3, 0.4) is 0 Å². The second kappa shape index (κ2) is 5.22. The molecule has 2 fully saturated rings. The van der Waals surface area contributed by atoms with Gasteiger partial charge in [-0.15, -0.1) is 0 Å². The summed E-state index contributed by atoms with van der Waals surface area (Å²) in [6.07, 6.45) is 4.67. The largest absolute Gasteiger partial charge is 0.328 e. The zero-order valence-electron chi connectivity index (χ0n) is 10.5. The quantitative estimate of drug-likeness (QED) is 0.788. The zero-order chi connectivity index (χ0) is 12.5. The van der Waals surface area contributed by atoms with Crippen molar-refractivity contribution < 1.29 is 8.42 Å². The third-order valence-corrected chi connectivity index (χ3v) is 5.95. The van der Waals surface area contributed by atoms with E-state index in [1.165, 1.54) is 0 Å². The highest BCUT2D eigenvalue weighted by Gasteiger charge is 2.36. The molecule has 2 N–H and O–H groups in total. The molecule has 2 aliphatic heterocycles. The number of rotatable bonds is 2. The molecular weight excluding hydrogens is 238 g/mol. The molecule has 0 unspecified atom stereocenters. The zero-order valence-corrected chi connectivity index (χ0v) is 11.3. The van der Waals surface area contributed by atoms with Crippen LogP contribution in [0.2, 0.25) is 0 Å². The van der Waals surface area contributed by atoms with Crippen LogP contribution in [0.4, 0.5) is 0 Å². The first kappa shape index (κ1) is 13.3. The maximum Gasteiger partial charge on any atom is 0.282 e. The first-order valence-corrected chi connectivity index (χ1v) is 7.94. The van der Waals surface area contributed by atoms with E-state index in [4.69, 9.17) is 5.73 Å². The molecule has 100 valence electrons. The molecule has 2 heterocycles. The van der Waals surface area contributed by atoms with Crippen molar-refractivity contribution in [1.29, 1.82) is 0 Å². The summed E-state index contributed by atoms with van der Waals surface area (Å²) in [5.74, 6) is 0. The lowest BCUT2D eigenvalue weighted by Gasteiger charge is -2.39. The number of nitrogens with two attached hydrogens (primary N) is 1. The molecule has 0 saturated carbocycles. The minimum Gasteiger partial charge on any atom is -0.328 e. The van der Waals surface area contributed by atoms with Crippen LogP contribution in [-0.2, 0) is 10.2 Å². The second-order valence-corrected chi connectivity index (χ2v) is 7.09. The van der Waals surface area contributed by atoms with Gasteiger partial charge in [0.05, 0.1) is 0 Å². The molecule has 2 saturated heterocycles. The number of hydrogen-bond acceptors (Lipinski definition) is 3. The van der Waals surface area contributed by atoms with Gasteiger partial charge >= 0.3 is 0 Å². The van der Waals surface area contributed by atoms with E-state index in [-0.39, 0.29) is 12.1 Å². The Labute approximate surface area is 104 Å². The Hall–Kier alpha value is -0.170. The fourth-order valence-electron chi connectivity index (χ4n) is 2.77. The summed E-state index contributed by atoms with van der Waals surface area (Å²) in [7, 11) is -3.25. The summed E-state index contributed by atoms with van der Waals surface area (Å²) in [6.45, 7) is 3.89. The SMILES string of the molecule is C[C@@H]1C[C@@H](N)CCN1S(=O)(=O)N1CCCCC1. The Bertz CT molecular complexity index is 352. The van der Waals surface area contributed by atoms with Crippen molar-refractivity contribution in [3.8, 4) is 0 Å². The molecule has 0 aromatic heterocycles. The summed E-state index contributed by atoms with van der Waals surface area (Å²) < 4.78 is 28.2. The highest BCUT2D eigenvalue weighted by Crippen LogP contribution is 2.24. The maximum atomic E-state index is 12.5. The summed E-state index contributed by atoms with van der Waals surface area (Å²) in [6, 6.07) is 0.184. The Balaban J connectivity index is 2.08. The van der Waals surface area contributed by atoms with Gasteiger partial charge in [-0.3, -0.25) is 0 Å². The molecule has 0 aromatic carbocycles. The van der Waals surface area contributed by atoms with Crippen molar-refractivity contribution in [2.24, 2.45) is 5.73 Å². The van der Waals surface area contributed by atoms with Crippen molar-refractivity contribution in [3.63, 3.8) is 0 Å². The molecule has 0 bridgehead atoms. The minimum absolute atomic E-state index is 0.0330. The lowest BCUT2D eigenvalue weighted by Crippen LogP contribution is -2.54. The molecule has 0 amide bonds. The number of hydrogen-bond donors (Lipinski definition) is 1. The maximum absolute atomic E-state index is 12.5. The van der Waals surface area contributed by atoms with Gasteiger partial charge in [-0.2, -0.15) is 17.0 Å². The van der Waals surface area contributed by atoms with Crippen molar-refractivity contribution >= 4 is 10.2 Å². The van der Waals surface area contributed by atoms with Crippen molar-refractivity contribution in [2.45, 2.75) is 51.1 Å². The van der Waals surface area contributed by atoms with Crippen LogP contribution in [0.1, 0.15) is 39.0 Å². The van der Waals surface area contributed by atoms with E-state index >= 15 is 0 Å². The van der Waals surface area contributed by atoms with Crippen LogP contribution in [0.5, 0.6) is 0 Å². The van der Waals surface area contributed by atoms with Crippen LogP contribution in [0.15, 0.2) is 0 Å². The van der Waals surface area contributed by atoms with E-state index < -0.39 is 10.2 Å². The molecule has 2 rings (SSSR count). The topological polar surface area (TPSA) is 66.6 Å². The number of nitrogens with zero attached hydrogens (tertiary/aromatic N) is 2. The van der Waals surface area contributed by atoms with Crippen molar-refractivity contribution in [3.05, 3.63) is 0 Å². The van der Waals surface area contributed by atoms with Crippen LogP contribution in [0, 0.1) is 0 Å². The molecule has 0 radical (unpaired) electrons. The van der Waals surface area contributed by atoms with E-state index in [2.05, 4.69) is 0 Å². The highest BCUT2D eigenvalue weighted by molar-refractivity contribution is 7.86. The fourth-order valence-corrected chi connectivity index (χ4v) is 4.67. The Morgan fingerprint density at radius 3 is 2.35 bits per heavy atom. The summed E-state index contributed by atoms with van der Waals surface area (Å²) in [5.41, 5.74) is 5.87. The van der Waals surface area contributed by atoms with Gasteiger partial charge in [-0.1, -0.05) is 6.42 Å². The van der Waals surface area contributed by atoms with E-state index in [0.29, 0.717) is 19.6 Å².